The molecule has 1 N–H and O–H groups in total. The average molecular weight is 320 g/mol. The first kappa shape index (κ1) is 16.0. The topological polar surface area (TPSA) is 63.4 Å². The Kier molecular flexibility index (Phi) is 4.70. The fraction of sp³-hybridized carbons (Fsp3) is 0.500. The van der Waals surface area contributed by atoms with Crippen LogP contribution in [0.4, 0.5) is 4.39 Å². The van der Waals surface area contributed by atoms with Gasteiger partial charge >= 0.3 is 0 Å². The molecule has 2 aromatic rings. The van der Waals surface area contributed by atoms with Gasteiger partial charge in [-0.3, -0.25) is 9.58 Å². The second-order valence-corrected chi connectivity index (χ2v) is 5.84. The molecule has 23 heavy (non-hydrogen) atoms. The first-order valence-corrected chi connectivity index (χ1v) is 7.66. The predicted molar refractivity (Wildman–Crippen MR) is 82.2 cm³/mol. The Balaban J connectivity index is 1.78. The van der Waals surface area contributed by atoms with Gasteiger partial charge in [0.05, 0.1) is 25.4 Å². The van der Waals surface area contributed by atoms with Gasteiger partial charge in [-0.05, 0) is 30.2 Å². The molecule has 1 aliphatic rings. The quantitative estimate of drug-likeness (QED) is 0.922. The third kappa shape index (κ3) is 3.41. The van der Waals surface area contributed by atoms with E-state index in [2.05, 4.69) is 15.0 Å². The average Bonchev–Trinajstić information content (AvgIpc) is 2.93. The Bertz CT molecular complexity index is 676. The number of nitrogens with zero attached hydrogens (tertiary/aromatic N) is 4. The van der Waals surface area contributed by atoms with Crippen molar-refractivity contribution in [2.75, 3.05) is 26.3 Å². The van der Waals surface area contributed by atoms with E-state index in [4.69, 9.17) is 4.74 Å². The van der Waals surface area contributed by atoms with Crippen molar-refractivity contribution in [3.8, 4) is 0 Å². The van der Waals surface area contributed by atoms with Crippen molar-refractivity contribution in [2.24, 2.45) is 7.05 Å². The van der Waals surface area contributed by atoms with Crippen LogP contribution < -0.4 is 0 Å². The fourth-order valence-electron chi connectivity index (χ4n) is 3.03. The maximum atomic E-state index is 13.2. The number of aliphatic hydroxyl groups excluding tert-OH is 1. The van der Waals surface area contributed by atoms with Crippen molar-refractivity contribution in [2.45, 2.75) is 19.1 Å². The lowest BCUT2D eigenvalue weighted by molar-refractivity contribution is -0.0319. The standard InChI is InChI=1S/C16H21FN4O2/c1-11-7-12(17)3-4-13(11)15(22)8-21-5-6-23-9-14(21)16-18-10-19-20(16)2/h3-4,7,10,14-15,22H,5-6,8-9H2,1-2H3. The zero-order valence-electron chi connectivity index (χ0n) is 13.3. The zero-order valence-corrected chi connectivity index (χ0v) is 13.3. The van der Waals surface area contributed by atoms with Crippen molar-refractivity contribution in [1.82, 2.24) is 19.7 Å². The highest BCUT2D eigenvalue weighted by molar-refractivity contribution is 5.28. The van der Waals surface area contributed by atoms with Crippen molar-refractivity contribution in [3.63, 3.8) is 0 Å². The number of benzene rings is 1. The number of aliphatic hydroxyl groups is 1. The molecule has 2 atom stereocenters. The molecule has 0 radical (unpaired) electrons. The molecule has 2 heterocycles. The Labute approximate surface area is 134 Å². The molecule has 6 nitrogen and oxygen atoms in total. The van der Waals surface area contributed by atoms with E-state index >= 15 is 0 Å². The molecule has 0 amide bonds. The Hall–Kier alpha value is -1.83. The van der Waals surface area contributed by atoms with E-state index < -0.39 is 6.10 Å². The lowest BCUT2D eigenvalue weighted by atomic mass is 10.0. The van der Waals surface area contributed by atoms with Crippen molar-refractivity contribution >= 4 is 0 Å². The molecule has 1 aromatic heterocycles. The third-order valence-corrected chi connectivity index (χ3v) is 4.28. The summed E-state index contributed by atoms with van der Waals surface area (Å²) in [7, 11) is 1.84. The molecular formula is C16H21FN4O2. The van der Waals surface area contributed by atoms with E-state index in [0.717, 1.165) is 17.0 Å². The Morgan fingerprint density at radius 2 is 2.30 bits per heavy atom. The molecule has 124 valence electrons. The molecular weight excluding hydrogens is 299 g/mol. The maximum Gasteiger partial charge on any atom is 0.146 e. The van der Waals surface area contributed by atoms with E-state index in [9.17, 15) is 9.50 Å². The highest BCUT2D eigenvalue weighted by Crippen LogP contribution is 2.26. The smallest absolute Gasteiger partial charge is 0.146 e. The highest BCUT2D eigenvalue weighted by Gasteiger charge is 2.30. The molecule has 1 fully saturated rings. The summed E-state index contributed by atoms with van der Waals surface area (Å²) in [5, 5.41) is 14.7. The Morgan fingerprint density at radius 3 is 3.00 bits per heavy atom. The SMILES string of the molecule is Cc1cc(F)ccc1C(O)CN1CCOCC1c1ncnn1C. The molecule has 0 bridgehead atoms. The van der Waals surface area contributed by atoms with Crippen molar-refractivity contribution < 1.29 is 14.2 Å². The van der Waals surface area contributed by atoms with E-state index in [1.165, 1.54) is 18.5 Å². The number of morpholine rings is 1. The van der Waals surface area contributed by atoms with Gasteiger partial charge in [-0.2, -0.15) is 5.10 Å². The van der Waals surface area contributed by atoms with Crippen LogP contribution in [-0.2, 0) is 11.8 Å². The zero-order chi connectivity index (χ0) is 16.4. The maximum absolute atomic E-state index is 13.2. The lowest BCUT2D eigenvalue weighted by Crippen LogP contribution is -2.42. The van der Waals surface area contributed by atoms with Crippen LogP contribution in [0.1, 0.15) is 29.1 Å². The number of hydrogen-bond donors (Lipinski definition) is 1. The second kappa shape index (κ2) is 6.74. The predicted octanol–water partition coefficient (Wildman–Crippen LogP) is 1.37. The number of aromatic nitrogens is 3. The minimum Gasteiger partial charge on any atom is -0.387 e. The molecule has 0 aliphatic carbocycles. The summed E-state index contributed by atoms with van der Waals surface area (Å²) in [5.41, 5.74) is 1.50. The molecule has 1 aliphatic heterocycles. The van der Waals surface area contributed by atoms with Gasteiger partial charge in [-0.15, -0.1) is 0 Å². The molecule has 1 aromatic carbocycles. The van der Waals surface area contributed by atoms with Crippen LogP contribution in [0.3, 0.4) is 0 Å². The summed E-state index contributed by atoms with van der Waals surface area (Å²) in [5.74, 6) is 0.523. The number of ether oxygens (including phenoxy) is 1. The van der Waals surface area contributed by atoms with E-state index in [1.54, 1.807) is 17.7 Å². The van der Waals surface area contributed by atoms with E-state index in [0.29, 0.717) is 26.3 Å². The number of halogens is 1. The van der Waals surface area contributed by atoms with Gasteiger partial charge in [0, 0.05) is 20.1 Å². The van der Waals surface area contributed by atoms with Crippen molar-refractivity contribution in [3.05, 3.63) is 47.3 Å². The monoisotopic (exact) mass is 320 g/mol. The molecule has 1 saturated heterocycles. The van der Waals surface area contributed by atoms with Crippen LogP contribution in [0.2, 0.25) is 0 Å². The normalized spacial score (nSPS) is 20.6. The number of rotatable bonds is 4. The number of β-amino-alcohol motifs (C(OH)–C–C–N with tert-alkyl or cyclic N) is 1. The summed E-state index contributed by atoms with van der Waals surface area (Å²) in [4.78, 5) is 6.44. The first-order valence-electron chi connectivity index (χ1n) is 7.66. The first-order chi connectivity index (χ1) is 11.1. The van der Waals surface area contributed by atoms with Gasteiger partial charge in [-0.1, -0.05) is 6.07 Å². The van der Waals surface area contributed by atoms with Crippen molar-refractivity contribution in [1.29, 1.82) is 0 Å². The fourth-order valence-corrected chi connectivity index (χ4v) is 3.03. The van der Waals surface area contributed by atoms with Gasteiger partial charge in [0.15, 0.2) is 0 Å². The van der Waals surface area contributed by atoms with E-state index in [-0.39, 0.29) is 11.9 Å². The lowest BCUT2D eigenvalue weighted by Gasteiger charge is -2.36. The van der Waals surface area contributed by atoms with Gasteiger partial charge in [-0.25, -0.2) is 9.37 Å². The highest BCUT2D eigenvalue weighted by atomic mass is 19.1. The van der Waals surface area contributed by atoms with Crippen LogP contribution in [0.15, 0.2) is 24.5 Å². The summed E-state index contributed by atoms with van der Waals surface area (Å²) in [6.07, 6.45) is 0.826. The number of aryl methyl sites for hydroxylation is 2. The minimum atomic E-state index is -0.690. The van der Waals surface area contributed by atoms with Crippen LogP contribution >= 0.6 is 0 Å². The van der Waals surface area contributed by atoms with E-state index in [1.807, 2.05) is 7.05 Å². The molecule has 7 heteroatoms. The van der Waals surface area contributed by atoms with Gasteiger partial charge in [0.1, 0.15) is 18.0 Å². The van der Waals surface area contributed by atoms with Crippen LogP contribution in [0, 0.1) is 12.7 Å². The van der Waals surface area contributed by atoms with Gasteiger partial charge in [0.2, 0.25) is 0 Å². The van der Waals surface area contributed by atoms with Crippen LogP contribution in [0.5, 0.6) is 0 Å². The molecule has 2 unspecified atom stereocenters. The summed E-state index contributed by atoms with van der Waals surface area (Å²) in [6, 6.07) is 4.42. The molecule has 3 rings (SSSR count). The third-order valence-electron chi connectivity index (χ3n) is 4.28. The van der Waals surface area contributed by atoms with Gasteiger partial charge < -0.3 is 9.84 Å². The van der Waals surface area contributed by atoms with Gasteiger partial charge in [0.25, 0.3) is 0 Å². The van der Waals surface area contributed by atoms with Crippen LogP contribution in [0.25, 0.3) is 0 Å². The molecule has 0 saturated carbocycles. The Morgan fingerprint density at radius 1 is 1.48 bits per heavy atom. The summed E-state index contributed by atoms with van der Waals surface area (Å²) >= 11 is 0. The summed E-state index contributed by atoms with van der Waals surface area (Å²) in [6.45, 7) is 4.08. The largest absolute Gasteiger partial charge is 0.387 e. The van der Waals surface area contributed by atoms with Crippen LogP contribution in [-0.4, -0.2) is 51.1 Å². The minimum absolute atomic E-state index is 0.0494. The number of hydrogen-bond acceptors (Lipinski definition) is 5. The molecule has 0 spiro atoms. The summed E-state index contributed by atoms with van der Waals surface area (Å²) < 4.78 is 20.5. The second-order valence-electron chi connectivity index (χ2n) is 5.84.